The quantitative estimate of drug-likeness (QED) is 0.533. The number of rotatable bonds is 5. The van der Waals surface area contributed by atoms with Crippen LogP contribution in [0.25, 0.3) is 22.7 Å². The topological polar surface area (TPSA) is 85.4 Å². The van der Waals surface area contributed by atoms with Crippen molar-refractivity contribution in [3.63, 3.8) is 0 Å². The first kappa shape index (κ1) is 19.2. The van der Waals surface area contributed by atoms with Gasteiger partial charge in [0.15, 0.2) is 17.2 Å². The number of amides is 2. The predicted octanol–water partition coefficient (Wildman–Crippen LogP) is 3.86. The molecule has 0 aliphatic carbocycles. The molecule has 1 aliphatic heterocycles. The lowest BCUT2D eigenvalue weighted by Crippen LogP contribution is -2.38. The third kappa shape index (κ3) is 3.72. The summed E-state index contributed by atoms with van der Waals surface area (Å²) in [6.45, 7) is 1.70. The second-order valence-electron chi connectivity index (χ2n) is 7.53. The van der Waals surface area contributed by atoms with Crippen molar-refractivity contribution in [1.82, 2.24) is 24.8 Å². The van der Waals surface area contributed by atoms with Crippen molar-refractivity contribution in [2.45, 2.75) is 19.0 Å². The van der Waals surface area contributed by atoms with Crippen LogP contribution in [0.15, 0.2) is 65.4 Å². The van der Waals surface area contributed by atoms with Gasteiger partial charge < -0.3 is 23.9 Å². The van der Waals surface area contributed by atoms with Gasteiger partial charge >= 0.3 is 6.03 Å². The lowest BCUT2D eigenvalue weighted by molar-refractivity contribution is 0.206. The Labute approximate surface area is 179 Å². The van der Waals surface area contributed by atoms with Gasteiger partial charge in [0.25, 0.3) is 0 Å². The number of pyridine rings is 1. The van der Waals surface area contributed by atoms with E-state index in [1.54, 1.807) is 19.6 Å². The van der Waals surface area contributed by atoms with Gasteiger partial charge in [0.05, 0.1) is 19.4 Å². The Morgan fingerprint density at radius 1 is 1.26 bits per heavy atom. The number of urea groups is 1. The fourth-order valence-electron chi connectivity index (χ4n) is 4.06. The fraction of sp³-hybridized carbons (Fsp3) is 0.261. The number of carbonyl (C=O) groups is 1. The van der Waals surface area contributed by atoms with Crippen molar-refractivity contribution in [3.8, 4) is 17.3 Å². The monoisotopic (exact) mass is 417 g/mol. The summed E-state index contributed by atoms with van der Waals surface area (Å²) in [6, 6.07) is 15.2. The molecule has 0 bridgehead atoms. The van der Waals surface area contributed by atoms with Gasteiger partial charge in [0.2, 0.25) is 0 Å². The van der Waals surface area contributed by atoms with E-state index in [1.807, 2.05) is 53.4 Å². The molecule has 1 atom stereocenters. The molecule has 1 aromatic carbocycles. The normalized spacial score (nSPS) is 16.0. The van der Waals surface area contributed by atoms with Crippen LogP contribution in [0.4, 0.5) is 4.79 Å². The minimum atomic E-state index is -0.0813. The molecular weight excluding hydrogens is 394 g/mol. The van der Waals surface area contributed by atoms with E-state index in [-0.39, 0.29) is 12.1 Å². The summed E-state index contributed by atoms with van der Waals surface area (Å²) in [5.41, 5.74) is 2.61. The molecule has 8 nitrogen and oxygen atoms in total. The molecule has 0 radical (unpaired) electrons. The Bertz CT molecular complexity index is 1200. The number of carbonyl (C=O) groups excluding carboxylic acids is 1. The second kappa shape index (κ2) is 8.14. The maximum Gasteiger partial charge on any atom is 0.317 e. The summed E-state index contributed by atoms with van der Waals surface area (Å²) in [4.78, 5) is 23.9. The van der Waals surface area contributed by atoms with Crippen LogP contribution in [0.1, 0.15) is 18.0 Å². The molecule has 0 unspecified atom stereocenters. The highest BCUT2D eigenvalue weighted by atomic mass is 16.5. The Morgan fingerprint density at radius 2 is 2.19 bits per heavy atom. The van der Waals surface area contributed by atoms with Crippen LogP contribution in [-0.2, 0) is 6.54 Å². The first-order chi connectivity index (χ1) is 15.2. The zero-order valence-electron chi connectivity index (χ0n) is 17.2. The van der Waals surface area contributed by atoms with E-state index in [1.165, 1.54) is 0 Å². The van der Waals surface area contributed by atoms with Crippen LogP contribution >= 0.6 is 0 Å². The van der Waals surface area contributed by atoms with Gasteiger partial charge in [0.1, 0.15) is 11.3 Å². The lowest BCUT2D eigenvalue weighted by Gasteiger charge is -2.19. The number of fused-ring (bicyclic) bond motifs is 1. The predicted molar refractivity (Wildman–Crippen MR) is 116 cm³/mol. The minimum absolute atomic E-state index is 0.0718. The standard InChI is InChI=1S/C23H23N5O3/c1-30-18-6-2-5-16(13-18)14-25-23(29)27-11-9-17(15-27)28-21-19(7-3-10-24-21)26-22(28)20-8-4-12-31-20/h2-8,10,12-13,17H,9,11,14-15H2,1H3,(H,25,29)/t17-/m1/s1. The molecule has 2 amide bonds. The van der Waals surface area contributed by atoms with E-state index in [4.69, 9.17) is 14.1 Å². The zero-order valence-corrected chi connectivity index (χ0v) is 17.2. The van der Waals surface area contributed by atoms with Gasteiger partial charge in [-0.2, -0.15) is 0 Å². The van der Waals surface area contributed by atoms with Crippen LogP contribution in [0.2, 0.25) is 0 Å². The van der Waals surface area contributed by atoms with Gasteiger partial charge in [-0.15, -0.1) is 0 Å². The number of aromatic nitrogens is 3. The van der Waals surface area contributed by atoms with E-state index in [0.717, 1.165) is 34.7 Å². The number of nitrogens with one attached hydrogen (secondary N) is 1. The number of imidazole rings is 1. The second-order valence-corrected chi connectivity index (χ2v) is 7.53. The molecule has 4 heterocycles. The Kier molecular flexibility index (Phi) is 5.03. The molecule has 4 aromatic rings. The van der Waals surface area contributed by atoms with E-state index in [9.17, 15) is 4.79 Å². The molecular formula is C23H23N5O3. The smallest absolute Gasteiger partial charge is 0.317 e. The SMILES string of the molecule is COc1cccc(CNC(=O)N2CC[C@@H](n3c(-c4ccco4)nc4cccnc43)C2)c1. The number of ether oxygens (including phenoxy) is 1. The van der Waals surface area contributed by atoms with Crippen molar-refractivity contribution in [1.29, 1.82) is 0 Å². The van der Waals surface area contributed by atoms with Crippen LogP contribution in [0.5, 0.6) is 5.75 Å². The van der Waals surface area contributed by atoms with Crippen molar-refractivity contribution >= 4 is 17.2 Å². The van der Waals surface area contributed by atoms with Gasteiger partial charge in [-0.25, -0.2) is 14.8 Å². The number of hydrogen-bond acceptors (Lipinski definition) is 5. The van der Waals surface area contributed by atoms with E-state index in [0.29, 0.717) is 25.4 Å². The average Bonchev–Trinajstić information content (AvgIpc) is 3.56. The molecule has 1 saturated heterocycles. The molecule has 31 heavy (non-hydrogen) atoms. The van der Waals surface area contributed by atoms with Crippen LogP contribution in [0, 0.1) is 0 Å². The number of benzene rings is 1. The first-order valence-electron chi connectivity index (χ1n) is 10.3. The van der Waals surface area contributed by atoms with Gasteiger partial charge in [-0.1, -0.05) is 12.1 Å². The lowest BCUT2D eigenvalue weighted by atomic mass is 10.2. The molecule has 3 aromatic heterocycles. The number of nitrogens with zero attached hydrogens (tertiary/aromatic N) is 4. The third-order valence-corrected chi connectivity index (χ3v) is 5.58. The number of likely N-dealkylation sites (tertiary alicyclic amines) is 1. The van der Waals surface area contributed by atoms with Gasteiger partial charge in [0, 0.05) is 25.8 Å². The summed E-state index contributed by atoms with van der Waals surface area (Å²) in [5, 5.41) is 3.01. The number of methoxy groups -OCH3 is 1. The summed E-state index contributed by atoms with van der Waals surface area (Å²) < 4.78 is 13.0. The minimum Gasteiger partial charge on any atom is -0.497 e. The van der Waals surface area contributed by atoms with E-state index < -0.39 is 0 Å². The zero-order chi connectivity index (χ0) is 21.2. The average molecular weight is 417 g/mol. The Hall–Kier alpha value is -3.81. The largest absolute Gasteiger partial charge is 0.497 e. The van der Waals surface area contributed by atoms with Gasteiger partial charge in [-0.3, -0.25) is 0 Å². The Morgan fingerprint density at radius 3 is 3.03 bits per heavy atom. The molecule has 158 valence electrons. The summed E-state index contributed by atoms with van der Waals surface area (Å²) in [6.07, 6.45) is 4.22. The maximum absolute atomic E-state index is 12.8. The van der Waals surface area contributed by atoms with Crippen molar-refractivity contribution < 1.29 is 13.9 Å². The number of furan rings is 1. The summed E-state index contributed by atoms with van der Waals surface area (Å²) >= 11 is 0. The molecule has 5 rings (SSSR count). The van der Waals surface area contributed by atoms with E-state index >= 15 is 0 Å². The Balaban J connectivity index is 1.33. The molecule has 8 heteroatoms. The van der Waals surface area contributed by atoms with Crippen LogP contribution < -0.4 is 10.1 Å². The van der Waals surface area contributed by atoms with Crippen LogP contribution in [0.3, 0.4) is 0 Å². The van der Waals surface area contributed by atoms with Crippen molar-refractivity contribution in [2.75, 3.05) is 20.2 Å². The summed E-state index contributed by atoms with van der Waals surface area (Å²) in [5.74, 6) is 2.21. The fourth-order valence-corrected chi connectivity index (χ4v) is 4.06. The molecule has 1 aliphatic rings. The molecule has 1 N–H and O–H groups in total. The van der Waals surface area contributed by atoms with Crippen molar-refractivity contribution in [2.24, 2.45) is 0 Å². The van der Waals surface area contributed by atoms with Gasteiger partial charge in [-0.05, 0) is 48.4 Å². The first-order valence-corrected chi connectivity index (χ1v) is 10.3. The van der Waals surface area contributed by atoms with Crippen molar-refractivity contribution in [3.05, 3.63) is 66.6 Å². The highest BCUT2D eigenvalue weighted by Crippen LogP contribution is 2.32. The maximum atomic E-state index is 12.8. The number of hydrogen-bond donors (Lipinski definition) is 1. The highest BCUT2D eigenvalue weighted by molar-refractivity contribution is 5.77. The molecule has 0 spiro atoms. The highest BCUT2D eigenvalue weighted by Gasteiger charge is 2.31. The molecule has 0 saturated carbocycles. The third-order valence-electron chi connectivity index (χ3n) is 5.58. The molecule has 1 fully saturated rings. The van der Waals surface area contributed by atoms with Crippen LogP contribution in [-0.4, -0.2) is 45.7 Å². The van der Waals surface area contributed by atoms with E-state index in [2.05, 4.69) is 14.9 Å². The summed E-state index contributed by atoms with van der Waals surface area (Å²) in [7, 11) is 1.63.